The Morgan fingerprint density at radius 3 is 2.25 bits per heavy atom. The molecule has 0 unspecified atom stereocenters. The predicted octanol–water partition coefficient (Wildman–Crippen LogP) is 2.10. The highest BCUT2D eigenvalue weighted by Gasteiger charge is 2.57. The van der Waals surface area contributed by atoms with Crippen LogP contribution >= 0.6 is 15.9 Å². The number of nitrogens with zero attached hydrogens (tertiary/aromatic N) is 1. The van der Waals surface area contributed by atoms with Gasteiger partial charge in [0.1, 0.15) is 0 Å². The fourth-order valence-electron chi connectivity index (χ4n) is 2.05. The molecule has 3 nitrogen and oxygen atoms in total. The number of benzene rings is 1. The van der Waals surface area contributed by atoms with Crippen LogP contribution in [-0.4, -0.2) is 19.9 Å². The summed E-state index contributed by atoms with van der Waals surface area (Å²) < 4.78 is 23.9. The van der Waals surface area contributed by atoms with Gasteiger partial charge < -0.3 is 0 Å². The number of hydrogen-bond donors (Lipinski definition) is 0. The van der Waals surface area contributed by atoms with Gasteiger partial charge in [0.05, 0.1) is 17.2 Å². The van der Waals surface area contributed by atoms with E-state index < -0.39 is 21.0 Å². The summed E-state index contributed by atoms with van der Waals surface area (Å²) in [6.07, 6.45) is 1.20. The SMILES string of the molecule is CS(=O)(=O)[C@@H]1[C@H](C#N)[C@@H]1c1ccc(Br)cc1. The molecular formula is C11H10BrNO2S. The summed E-state index contributed by atoms with van der Waals surface area (Å²) in [6, 6.07) is 9.52. The van der Waals surface area contributed by atoms with Gasteiger partial charge in [0, 0.05) is 16.6 Å². The molecule has 2 rings (SSSR count). The van der Waals surface area contributed by atoms with Gasteiger partial charge >= 0.3 is 0 Å². The van der Waals surface area contributed by atoms with Crippen LogP contribution < -0.4 is 0 Å². The second-order valence-electron chi connectivity index (χ2n) is 4.03. The third-order valence-electron chi connectivity index (χ3n) is 2.85. The molecule has 16 heavy (non-hydrogen) atoms. The summed E-state index contributed by atoms with van der Waals surface area (Å²) in [5.74, 6) is -0.552. The summed E-state index contributed by atoms with van der Waals surface area (Å²) in [5.41, 5.74) is 0.921. The molecule has 0 amide bonds. The van der Waals surface area contributed by atoms with Gasteiger partial charge in [0.15, 0.2) is 9.84 Å². The van der Waals surface area contributed by atoms with Gasteiger partial charge in [-0.2, -0.15) is 5.26 Å². The minimum Gasteiger partial charge on any atom is -0.229 e. The Balaban J connectivity index is 2.31. The molecule has 1 aliphatic rings. The van der Waals surface area contributed by atoms with Crippen LogP contribution in [0.5, 0.6) is 0 Å². The molecule has 5 heteroatoms. The maximum atomic E-state index is 11.5. The Hall–Kier alpha value is -0.860. The van der Waals surface area contributed by atoms with Crippen molar-refractivity contribution in [3.63, 3.8) is 0 Å². The number of rotatable bonds is 2. The van der Waals surface area contributed by atoms with E-state index in [0.29, 0.717) is 0 Å². The number of hydrogen-bond acceptors (Lipinski definition) is 3. The van der Waals surface area contributed by atoms with Crippen molar-refractivity contribution in [2.24, 2.45) is 5.92 Å². The van der Waals surface area contributed by atoms with Gasteiger partial charge in [-0.05, 0) is 17.7 Å². The van der Waals surface area contributed by atoms with Crippen molar-refractivity contribution in [3.05, 3.63) is 34.3 Å². The standard InChI is InChI=1S/C11H10BrNO2S/c1-16(14,15)11-9(6-13)10(11)7-2-4-8(12)5-3-7/h2-5,9-11H,1H3/t9-,10+,11-/m1/s1. The molecule has 0 radical (unpaired) electrons. The topological polar surface area (TPSA) is 57.9 Å². The van der Waals surface area contributed by atoms with Gasteiger partial charge in [0.25, 0.3) is 0 Å². The zero-order valence-electron chi connectivity index (χ0n) is 8.59. The van der Waals surface area contributed by atoms with Crippen molar-refractivity contribution >= 4 is 25.8 Å². The molecule has 1 aromatic carbocycles. The van der Waals surface area contributed by atoms with E-state index in [1.807, 2.05) is 24.3 Å². The fraction of sp³-hybridized carbons (Fsp3) is 0.364. The van der Waals surface area contributed by atoms with Crippen molar-refractivity contribution in [1.82, 2.24) is 0 Å². The fourth-order valence-corrected chi connectivity index (χ4v) is 3.85. The van der Waals surface area contributed by atoms with E-state index in [4.69, 9.17) is 5.26 Å². The summed E-state index contributed by atoms with van der Waals surface area (Å²) >= 11 is 3.32. The normalized spacial score (nSPS) is 28.4. The molecule has 0 spiro atoms. The average molecular weight is 300 g/mol. The Labute approximate surface area is 103 Å². The van der Waals surface area contributed by atoms with Gasteiger partial charge in [0.2, 0.25) is 0 Å². The second kappa shape index (κ2) is 3.86. The molecule has 0 aliphatic heterocycles. The minimum atomic E-state index is -3.13. The first-order chi connectivity index (χ1) is 7.45. The van der Waals surface area contributed by atoms with Crippen LogP contribution in [0.25, 0.3) is 0 Å². The molecule has 1 aromatic rings. The summed E-state index contributed by atoms with van der Waals surface area (Å²) in [4.78, 5) is 0. The molecular weight excluding hydrogens is 290 g/mol. The molecule has 0 N–H and O–H groups in total. The zero-order chi connectivity index (χ0) is 11.9. The van der Waals surface area contributed by atoms with E-state index in [0.717, 1.165) is 10.0 Å². The summed E-state index contributed by atoms with van der Waals surface area (Å²) in [7, 11) is -3.13. The molecule has 0 bridgehead atoms. The molecule has 84 valence electrons. The van der Waals surface area contributed by atoms with Crippen LogP contribution in [0.3, 0.4) is 0 Å². The second-order valence-corrected chi connectivity index (χ2v) is 7.15. The van der Waals surface area contributed by atoms with Crippen LogP contribution in [0, 0.1) is 17.2 Å². The van der Waals surface area contributed by atoms with Gasteiger partial charge in [-0.15, -0.1) is 0 Å². The molecule has 0 aromatic heterocycles. The Morgan fingerprint density at radius 2 is 1.88 bits per heavy atom. The van der Waals surface area contributed by atoms with Crippen molar-refractivity contribution in [2.75, 3.05) is 6.26 Å². The summed E-state index contributed by atoms with van der Waals surface area (Å²) in [5, 5.41) is 8.37. The Bertz CT molecular complexity index is 544. The third kappa shape index (κ3) is 2.00. The lowest BCUT2D eigenvalue weighted by Crippen LogP contribution is -2.06. The average Bonchev–Trinajstić information content (AvgIpc) is 2.92. The van der Waals surface area contributed by atoms with E-state index in [-0.39, 0.29) is 5.92 Å². The highest BCUT2D eigenvalue weighted by Crippen LogP contribution is 2.51. The minimum absolute atomic E-state index is 0.159. The first kappa shape index (κ1) is 11.6. The number of sulfone groups is 1. The molecule has 0 saturated heterocycles. The highest BCUT2D eigenvalue weighted by atomic mass is 79.9. The van der Waals surface area contributed by atoms with Crippen molar-refractivity contribution in [1.29, 1.82) is 5.26 Å². The molecule has 3 atom stereocenters. The Morgan fingerprint density at radius 1 is 1.31 bits per heavy atom. The number of nitriles is 1. The van der Waals surface area contributed by atoms with Crippen LogP contribution in [-0.2, 0) is 9.84 Å². The van der Waals surface area contributed by atoms with E-state index in [1.54, 1.807) is 0 Å². The maximum absolute atomic E-state index is 11.5. The lowest BCUT2D eigenvalue weighted by atomic mass is 10.1. The Kier molecular flexibility index (Phi) is 2.81. The van der Waals surface area contributed by atoms with E-state index in [1.165, 1.54) is 6.26 Å². The lowest BCUT2D eigenvalue weighted by Gasteiger charge is -1.98. The third-order valence-corrected chi connectivity index (χ3v) is 4.96. The molecule has 1 aliphatic carbocycles. The van der Waals surface area contributed by atoms with E-state index >= 15 is 0 Å². The van der Waals surface area contributed by atoms with Crippen LogP contribution in [0.4, 0.5) is 0 Å². The number of halogens is 1. The maximum Gasteiger partial charge on any atom is 0.152 e. The molecule has 1 saturated carbocycles. The van der Waals surface area contributed by atoms with E-state index in [2.05, 4.69) is 22.0 Å². The monoisotopic (exact) mass is 299 g/mol. The van der Waals surface area contributed by atoms with Crippen LogP contribution in [0.15, 0.2) is 28.7 Å². The first-order valence-corrected chi connectivity index (χ1v) is 7.54. The highest BCUT2D eigenvalue weighted by molar-refractivity contribution is 9.10. The zero-order valence-corrected chi connectivity index (χ0v) is 11.0. The van der Waals surface area contributed by atoms with Crippen molar-refractivity contribution in [2.45, 2.75) is 11.2 Å². The van der Waals surface area contributed by atoms with Crippen molar-refractivity contribution < 1.29 is 8.42 Å². The van der Waals surface area contributed by atoms with Gasteiger partial charge in [-0.1, -0.05) is 28.1 Å². The quantitative estimate of drug-likeness (QED) is 0.840. The molecule has 0 heterocycles. The first-order valence-electron chi connectivity index (χ1n) is 4.79. The van der Waals surface area contributed by atoms with Crippen LogP contribution in [0.2, 0.25) is 0 Å². The predicted molar refractivity (Wildman–Crippen MR) is 64.6 cm³/mol. The van der Waals surface area contributed by atoms with Gasteiger partial charge in [-0.3, -0.25) is 0 Å². The summed E-state index contributed by atoms with van der Waals surface area (Å²) in [6.45, 7) is 0. The van der Waals surface area contributed by atoms with Crippen LogP contribution in [0.1, 0.15) is 11.5 Å². The van der Waals surface area contributed by atoms with E-state index in [9.17, 15) is 8.42 Å². The smallest absolute Gasteiger partial charge is 0.152 e. The largest absolute Gasteiger partial charge is 0.229 e. The molecule has 1 fully saturated rings. The van der Waals surface area contributed by atoms with Crippen molar-refractivity contribution in [3.8, 4) is 6.07 Å². The van der Waals surface area contributed by atoms with Gasteiger partial charge in [-0.25, -0.2) is 8.42 Å². The lowest BCUT2D eigenvalue weighted by molar-refractivity contribution is 0.599.